The van der Waals surface area contributed by atoms with Crippen LogP contribution in [0.3, 0.4) is 0 Å². The summed E-state index contributed by atoms with van der Waals surface area (Å²) in [7, 11) is 0. The fraction of sp³-hybridized carbons (Fsp3) is 0.333. The minimum Gasteiger partial charge on any atom is -0.488 e. The first-order valence-corrected chi connectivity index (χ1v) is 5.13. The molecule has 0 heterocycles. The van der Waals surface area contributed by atoms with Crippen LogP contribution in [0.1, 0.15) is 24.2 Å². The van der Waals surface area contributed by atoms with Gasteiger partial charge in [0.05, 0.1) is 6.10 Å². The fourth-order valence-electron chi connectivity index (χ4n) is 1.28. The molecule has 1 unspecified atom stereocenters. The Balaban J connectivity index is 2.90. The molecule has 0 bridgehead atoms. The average molecular weight is 227 g/mol. The van der Waals surface area contributed by atoms with Crippen LogP contribution in [0.15, 0.2) is 29.8 Å². The van der Waals surface area contributed by atoms with Crippen LogP contribution in [0, 0.1) is 6.92 Å². The van der Waals surface area contributed by atoms with Crippen LogP contribution in [-0.2, 0) is 0 Å². The van der Waals surface area contributed by atoms with Crippen LogP contribution in [0.2, 0.25) is 0 Å². The molecular formula is C12H15ClO2. The molecule has 0 spiro atoms. The topological polar surface area (TPSA) is 29.5 Å². The predicted octanol–water partition coefficient (Wildman–Crippen LogP) is 3.18. The van der Waals surface area contributed by atoms with Crippen LogP contribution in [0.25, 0.3) is 0 Å². The first-order valence-electron chi connectivity index (χ1n) is 4.75. The highest BCUT2D eigenvalue weighted by Gasteiger charge is 2.09. The van der Waals surface area contributed by atoms with Crippen LogP contribution in [0.5, 0.6) is 5.75 Å². The summed E-state index contributed by atoms with van der Waals surface area (Å²) in [5, 5.41) is 10.00. The zero-order valence-electron chi connectivity index (χ0n) is 8.96. The maximum Gasteiger partial charge on any atom is 0.125 e. The number of hydrogen-bond donors (Lipinski definition) is 1. The Hall–Kier alpha value is -0.990. The first-order chi connectivity index (χ1) is 7.00. The molecule has 0 aliphatic heterocycles. The SMILES string of the molecule is C=C(Cl)COc1ccc(C)cc1C(C)O. The lowest BCUT2D eigenvalue weighted by atomic mass is 10.1. The van der Waals surface area contributed by atoms with Gasteiger partial charge in [-0.05, 0) is 26.0 Å². The second-order valence-electron chi connectivity index (χ2n) is 3.52. The van der Waals surface area contributed by atoms with Gasteiger partial charge in [-0.2, -0.15) is 0 Å². The van der Waals surface area contributed by atoms with E-state index in [0.29, 0.717) is 10.8 Å². The fourth-order valence-corrected chi connectivity index (χ4v) is 1.34. The van der Waals surface area contributed by atoms with Crippen molar-refractivity contribution in [3.05, 3.63) is 40.9 Å². The monoisotopic (exact) mass is 226 g/mol. The molecule has 0 saturated heterocycles. The molecular weight excluding hydrogens is 212 g/mol. The third-order valence-corrected chi connectivity index (χ3v) is 2.11. The van der Waals surface area contributed by atoms with Gasteiger partial charge in [-0.25, -0.2) is 0 Å². The van der Waals surface area contributed by atoms with Crippen molar-refractivity contribution in [2.75, 3.05) is 6.61 Å². The summed E-state index contributed by atoms with van der Waals surface area (Å²) >= 11 is 5.61. The summed E-state index contributed by atoms with van der Waals surface area (Å²) in [6.45, 7) is 7.47. The molecule has 1 aromatic rings. The second-order valence-corrected chi connectivity index (χ2v) is 4.06. The Labute approximate surface area is 95.1 Å². The van der Waals surface area contributed by atoms with Gasteiger partial charge in [-0.15, -0.1) is 0 Å². The van der Waals surface area contributed by atoms with E-state index in [9.17, 15) is 5.11 Å². The quantitative estimate of drug-likeness (QED) is 0.855. The zero-order valence-corrected chi connectivity index (χ0v) is 9.71. The van der Waals surface area contributed by atoms with Gasteiger partial charge in [0.1, 0.15) is 12.4 Å². The van der Waals surface area contributed by atoms with E-state index in [4.69, 9.17) is 16.3 Å². The number of benzene rings is 1. The number of hydrogen-bond acceptors (Lipinski definition) is 2. The van der Waals surface area contributed by atoms with Gasteiger partial charge < -0.3 is 9.84 Å². The number of aliphatic hydroxyl groups excluding tert-OH is 1. The minimum atomic E-state index is -0.552. The number of rotatable bonds is 4. The highest BCUT2D eigenvalue weighted by Crippen LogP contribution is 2.26. The molecule has 0 fully saturated rings. The molecule has 0 aromatic heterocycles. The van der Waals surface area contributed by atoms with Crippen molar-refractivity contribution in [2.24, 2.45) is 0 Å². The van der Waals surface area contributed by atoms with Gasteiger partial charge >= 0.3 is 0 Å². The summed E-state index contributed by atoms with van der Waals surface area (Å²) < 4.78 is 5.42. The van der Waals surface area contributed by atoms with Crippen LogP contribution in [-0.4, -0.2) is 11.7 Å². The van der Waals surface area contributed by atoms with Crippen molar-refractivity contribution >= 4 is 11.6 Å². The van der Waals surface area contributed by atoms with E-state index in [2.05, 4.69) is 6.58 Å². The molecule has 2 nitrogen and oxygen atoms in total. The van der Waals surface area contributed by atoms with Gasteiger partial charge in [0.2, 0.25) is 0 Å². The number of aliphatic hydroxyl groups is 1. The highest BCUT2D eigenvalue weighted by molar-refractivity contribution is 6.29. The third-order valence-electron chi connectivity index (χ3n) is 2.00. The molecule has 15 heavy (non-hydrogen) atoms. The molecule has 1 rings (SSSR count). The van der Waals surface area contributed by atoms with Crippen molar-refractivity contribution in [1.29, 1.82) is 0 Å². The van der Waals surface area contributed by atoms with Crippen molar-refractivity contribution in [1.82, 2.24) is 0 Å². The maximum absolute atomic E-state index is 9.56. The molecule has 0 amide bonds. The first kappa shape index (κ1) is 12.1. The van der Waals surface area contributed by atoms with E-state index in [1.165, 1.54) is 0 Å². The molecule has 3 heteroatoms. The van der Waals surface area contributed by atoms with Crippen molar-refractivity contribution in [3.63, 3.8) is 0 Å². The predicted molar refractivity (Wildman–Crippen MR) is 62.3 cm³/mol. The summed E-state index contributed by atoms with van der Waals surface area (Å²) in [5.41, 5.74) is 1.86. The minimum absolute atomic E-state index is 0.254. The summed E-state index contributed by atoms with van der Waals surface area (Å²) in [6, 6.07) is 5.66. The molecule has 1 aromatic carbocycles. The number of aryl methyl sites for hydroxylation is 1. The Morgan fingerprint density at radius 2 is 2.27 bits per heavy atom. The Kier molecular flexibility index (Phi) is 4.18. The van der Waals surface area contributed by atoms with Crippen molar-refractivity contribution in [2.45, 2.75) is 20.0 Å². The zero-order chi connectivity index (χ0) is 11.4. The lowest BCUT2D eigenvalue weighted by molar-refractivity contribution is 0.192. The van der Waals surface area contributed by atoms with E-state index in [1.807, 2.05) is 25.1 Å². The average Bonchev–Trinajstić information content (AvgIpc) is 2.15. The number of halogens is 1. The highest BCUT2D eigenvalue weighted by atomic mass is 35.5. The van der Waals surface area contributed by atoms with Crippen LogP contribution in [0.4, 0.5) is 0 Å². The standard InChI is InChI=1S/C12H15ClO2/c1-8-4-5-12(15-7-9(2)13)11(6-8)10(3)14/h4-6,10,14H,2,7H2,1,3H3. The third kappa shape index (κ3) is 3.57. The summed E-state index contributed by atoms with van der Waals surface area (Å²) in [4.78, 5) is 0. The second kappa shape index (κ2) is 5.19. The Morgan fingerprint density at radius 1 is 1.60 bits per heavy atom. The van der Waals surface area contributed by atoms with Gasteiger partial charge in [0.25, 0.3) is 0 Å². The van der Waals surface area contributed by atoms with E-state index >= 15 is 0 Å². The maximum atomic E-state index is 9.56. The lowest BCUT2D eigenvalue weighted by Gasteiger charge is -2.13. The van der Waals surface area contributed by atoms with Crippen LogP contribution >= 0.6 is 11.6 Å². The smallest absolute Gasteiger partial charge is 0.125 e. The van der Waals surface area contributed by atoms with Crippen molar-refractivity contribution < 1.29 is 9.84 Å². The van der Waals surface area contributed by atoms with Gasteiger partial charge in [0, 0.05) is 10.6 Å². The van der Waals surface area contributed by atoms with Gasteiger partial charge in [-0.1, -0.05) is 29.8 Å². The van der Waals surface area contributed by atoms with E-state index < -0.39 is 6.10 Å². The van der Waals surface area contributed by atoms with Gasteiger partial charge in [-0.3, -0.25) is 0 Å². The van der Waals surface area contributed by atoms with E-state index in [-0.39, 0.29) is 6.61 Å². The molecule has 0 radical (unpaired) electrons. The largest absolute Gasteiger partial charge is 0.488 e. The lowest BCUT2D eigenvalue weighted by Crippen LogP contribution is -2.02. The Morgan fingerprint density at radius 3 is 2.80 bits per heavy atom. The molecule has 1 N–H and O–H groups in total. The summed E-state index contributed by atoms with van der Waals surface area (Å²) in [5.74, 6) is 0.650. The van der Waals surface area contributed by atoms with E-state index in [0.717, 1.165) is 11.1 Å². The molecule has 0 aliphatic carbocycles. The normalized spacial score (nSPS) is 12.3. The molecule has 1 atom stereocenters. The van der Waals surface area contributed by atoms with Crippen LogP contribution < -0.4 is 4.74 Å². The van der Waals surface area contributed by atoms with E-state index in [1.54, 1.807) is 6.92 Å². The molecule has 82 valence electrons. The molecule has 0 saturated carbocycles. The number of ether oxygens (including phenoxy) is 1. The Bertz CT molecular complexity index is 359. The summed E-state index contributed by atoms with van der Waals surface area (Å²) in [6.07, 6.45) is -0.552. The van der Waals surface area contributed by atoms with Crippen molar-refractivity contribution in [3.8, 4) is 5.75 Å². The molecule has 0 aliphatic rings. The van der Waals surface area contributed by atoms with Gasteiger partial charge in [0.15, 0.2) is 0 Å².